The molecule has 5 heteroatoms. The van der Waals surface area contributed by atoms with Crippen LogP contribution in [0.15, 0.2) is 17.5 Å². The zero-order chi connectivity index (χ0) is 15.2. The lowest BCUT2D eigenvalue weighted by Gasteiger charge is -2.21. The van der Waals surface area contributed by atoms with E-state index in [0.717, 1.165) is 30.9 Å². The Morgan fingerprint density at radius 1 is 1.43 bits per heavy atom. The lowest BCUT2D eigenvalue weighted by molar-refractivity contribution is 0.414. The minimum atomic E-state index is 0.350. The molecule has 2 aromatic heterocycles. The molecule has 0 radical (unpaired) electrons. The van der Waals surface area contributed by atoms with Crippen LogP contribution in [-0.2, 0) is 13.0 Å². The molecule has 2 aromatic rings. The minimum Gasteiger partial charge on any atom is -0.344 e. The van der Waals surface area contributed by atoms with E-state index in [-0.39, 0.29) is 0 Å². The maximum absolute atomic E-state index is 6.23. The van der Waals surface area contributed by atoms with Crippen LogP contribution in [0.5, 0.6) is 0 Å². The third-order valence-electron chi connectivity index (χ3n) is 3.56. The van der Waals surface area contributed by atoms with Gasteiger partial charge in [0.2, 0.25) is 0 Å². The van der Waals surface area contributed by atoms with Gasteiger partial charge in [0.1, 0.15) is 5.82 Å². The zero-order valence-corrected chi connectivity index (χ0v) is 14.5. The molecule has 3 nitrogen and oxygen atoms in total. The summed E-state index contributed by atoms with van der Waals surface area (Å²) in [7, 11) is 0. The maximum Gasteiger partial charge on any atom is 0.151 e. The van der Waals surface area contributed by atoms with Crippen LogP contribution < -0.4 is 5.32 Å². The summed E-state index contributed by atoms with van der Waals surface area (Å²) in [6, 6.07) is 4.63. The standard InChI is InChI=1S/C16H24ClN3S/c1-4-5-8-14-19-12(16(17)20-14)10-18-15(11(2)3)13-7-6-9-21-13/h6-7,9,11,15,18H,4-5,8,10H2,1-3H3,(H,19,20). The van der Waals surface area contributed by atoms with Gasteiger partial charge in [-0.1, -0.05) is 44.9 Å². The summed E-state index contributed by atoms with van der Waals surface area (Å²) in [5, 5.41) is 6.33. The van der Waals surface area contributed by atoms with Gasteiger partial charge in [-0.05, 0) is 23.8 Å². The highest BCUT2D eigenvalue weighted by atomic mass is 35.5. The first-order valence-corrected chi connectivity index (χ1v) is 8.87. The van der Waals surface area contributed by atoms with Gasteiger partial charge in [-0.2, -0.15) is 0 Å². The van der Waals surface area contributed by atoms with Gasteiger partial charge in [0, 0.05) is 23.9 Å². The van der Waals surface area contributed by atoms with Crippen molar-refractivity contribution in [3.63, 3.8) is 0 Å². The van der Waals surface area contributed by atoms with Crippen LogP contribution in [-0.4, -0.2) is 9.97 Å². The molecule has 2 heterocycles. The smallest absolute Gasteiger partial charge is 0.151 e. The average molecular weight is 326 g/mol. The van der Waals surface area contributed by atoms with Crippen molar-refractivity contribution >= 4 is 22.9 Å². The number of nitrogens with zero attached hydrogens (tertiary/aromatic N) is 1. The summed E-state index contributed by atoms with van der Waals surface area (Å²) in [6.07, 6.45) is 3.27. The number of imidazole rings is 1. The van der Waals surface area contributed by atoms with Gasteiger partial charge in [0.05, 0.1) is 5.69 Å². The number of aromatic amines is 1. The second kappa shape index (κ2) is 7.97. The van der Waals surface area contributed by atoms with E-state index in [1.165, 1.54) is 11.3 Å². The van der Waals surface area contributed by atoms with E-state index in [9.17, 15) is 0 Å². The fourth-order valence-corrected chi connectivity index (χ4v) is 3.55. The summed E-state index contributed by atoms with van der Waals surface area (Å²) in [4.78, 5) is 9.13. The first-order chi connectivity index (χ1) is 10.1. The third-order valence-corrected chi connectivity index (χ3v) is 4.83. The van der Waals surface area contributed by atoms with E-state index in [4.69, 9.17) is 11.6 Å². The van der Waals surface area contributed by atoms with Gasteiger partial charge in [-0.25, -0.2) is 4.98 Å². The van der Waals surface area contributed by atoms with Gasteiger partial charge >= 0.3 is 0 Å². The fourth-order valence-electron chi connectivity index (χ4n) is 2.36. The largest absolute Gasteiger partial charge is 0.344 e. The summed E-state index contributed by atoms with van der Waals surface area (Å²) in [5.41, 5.74) is 0.991. The summed E-state index contributed by atoms with van der Waals surface area (Å²) in [6.45, 7) is 7.37. The Labute approximate surface area is 136 Å². The number of H-pyrrole nitrogens is 1. The van der Waals surface area contributed by atoms with Crippen molar-refractivity contribution in [1.82, 2.24) is 15.3 Å². The van der Waals surface area contributed by atoms with Crippen molar-refractivity contribution in [1.29, 1.82) is 0 Å². The molecule has 0 aliphatic heterocycles. The van der Waals surface area contributed by atoms with E-state index in [2.05, 4.69) is 53.6 Å². The molecule has 0 bridgehead atoms. The van der Waals surface area contributed by atoms with E-state index in [0.29, 0.717) is 17.1 Å². The van der Waals surface area contributed by atoms with Crippen LogP contribution in [0, 0.1) is 5.92 Å². The van der Waals surface area contributed by atoms with Gasteiger partial charge in [-0.15, -0.1) is 11.3 Å². The molecular weight excluding hydrogens is 302 g/mol. The number of nitrogens with one attached hydrogen (secondary N) is 2. The molecule has 0 saturated carbocycles. The van der Waals surface area contributed by atoms with E-state index < -0.39 is 0 Å². The average Bonchev–Trinajstić information content (AvgIpc) is 3.07. The van der Waals surface area contributed by atoms with Crippen LogP contribution in [0.1, 0.15) is 56.1 Å². The Morgan fingerprint density at radius 3 is 2.86 bits per heavy atom. The number of hydrogen-bond donors (Lipinski definition) is 2. The van der Waals surface area contributed by atoms with Crippen LogP contribution in [0.4, 0.5) is 0 Å². The number of unbranched alkanes of at least 4 members (excludes halogenated alkanes) is 1. The van der Waals surface area contributed by atoms with Gasteiger partial charge < -0.3 is 10.3 Å². The van der Waals surface area contributed by atoms with E-state index in [1.807, 2.05) is 0 Å². The van der Waals surface area contributed by atoms with Gasteiger partial charge in [-0.3, -0.25) is 0 Å². The molecule has 1 atom stereocenters. The molecule has 2 rings (SSSR count). The van der Waals surface area contributed by atoms with Crippen LogP contribution >= 0.6 is 22.9 Å². The molecule has 0 aromatic carbocycles. The molecule has 116 valence electrons. The number of aryl methyl sites for hydroxylation is 1. The Balaban J connectivity index is 1.99. The highest BCUT2D eigenvalue weighted by molar-refractivity contribution is 7.10. The molecule has 0 aliphatic rings. The maximum atomic E-state index is 6.23. The van der Waals surface area contributed by atoms with Crippen molar-refractivity contribution in [3.8, 4) is 0 Å². The quantitative estimate of drug-likeness (QED) is 0.720. The number of thiophene rings is 1. The second-order valence-corrected chi connectivity index (χ2v) is 7.01. The second-order valence-electron chi connectivity index (χ2n) is 5.67. The molecule has 1 unspecified atom stereocenters. The third kappa shape index (κ3) is 4.56. The Bertz CT molecular complexity index is 534. The minimum absolute atomic E-state index is 0.350. The van der Waals surface area contributed by atoms with Crippen molar-refractivity contribution in [2.45, 2.75) is 52.6 Å². The molecular formula is C16H24ClN3S. The Morgan fingerprint density at radius 2 is 2.24 bits per heavy atom. The van der Waals surface area contributed by atoms with Crippen LogP contribution in [0.3, 0.4) is 0 Å². The highest BCUT2D eigenvalue weighted by Crippen LogP contribution is 2.26. The molecule has 0 aliphatic carbocycles. The highest BCUT2D eigenvalue weighted by Gasteiger charge is 2.17. The SMILES string of the molecule is CCCCc1nc(Cl)c(CNC(c2cccs2)C(C)C)[nH]1. The fraction of sp³-hybridized carbons (Fsp3) is 0.562. The van der Waals surface area contributed by atoms with Crippen LogP contribution in [0.2, 0.25) is 5.15 Å². The van der Waals surface area contributed by atoms with Crippen molar-refractivity contribution in [2.75, 3.05) is 0 Å². The molecule has 0 spiro atoms. The van der Waals surface area contributed by atoms with Gasteiger partial charge in [0.25, 0.3) is 0 Å². The lowest BCUT2D eigenvalue weighted by Crippen LogP contribution is -2.24. The number of rotatable bonds is 8. The first-order valence-electron chi connectivity index (χ1n) is 7.61. The zero-order valence-electron chi connectivity index (χ0n) is 12.9. The van der Waals surface area contributed by atoms with Gasteiger partial charge in [0.15, 0.2) is 5.15 Å². The molecule has 0 amide bonds. The lowest BCUT2D eigenvalue weighted by atomic mass is 10.0. The van der Waals surface area contributed by atoms with Crippen LogP contribution in [0.25, 0.3) is 0 Å². The number of halogens is 1. The van der Waals surface area contributed by atoms with Crippen molar-refractivity contribution < 1.29 is 0 Å². The van der Waals surface area contributed by atoms with E-state index >= 15 is 0 Å². The van der Waals surface area contributed by atoms with E-state index in [1.54, 1.807) is 11.3 Å². The Kier molecular flexibility index (Phi) is 6.27. The molecule has 21 heavy (non-hydrogen) atoms. The topological polar surface area (TPSA) is 40.7 Å². The molecule has 0 saturated heterocycles. The molecule has 2 N–H and O–H groups in total. The Hall–Kier alpha value is -0.840. The predicted octanol–water partition coefficient (Wildman–Crippen LogP) is 4.95. The number of aromatic nitrogens is 2. The monoisotopic (exact) mass is 325 g/mol. The predicted molar refractivity (Wildman–Crippen MR) is 90.9 cm³/mol. The summed E-state index contributed by atoms with van der Waals surface area (Å²) >= 11 is 8.03. The number of hydrogen-bond acceptors (Lipinski definition) is 3. The normalized spacial score (nSPS) is 13.0. The van der Waals surface area contributed by atoms with Crippen molar-refractivity contribution in [2.24, 2.45) is 5.92 Å². The molecule has 0 fully saturated rings. The summed E-state index contributed by atoms with van der Waals surface area (Å²) in [5.74, 6) is 1.53. The summed E-state index contributed by atoms with van der Waals surface area (Å²) < 4.78 is 0. The van der Waals surface area contributed by atoms with Crippen molar-refractivity contribution in [3.05, 3.63) is 39.1 Å². The first kappa shape index (κ1) is 16.5.